The number of benzene rings is 1. The van der Waals surface area contributed by atoms with E-state index in [-0.39, 0.29) is 12.5 Å². The Morgan fingerprint density at radius 1 is 1.09 bits per heavy atom. The van der Waals surface area contributed by atoms with E-state index >= 15 is 0 Å². The van der Waals surface area contributed by atoms with Crippen LogP contribution in [0.4, 0.5) is 5.69 Å². The molecular formula is C24H36N6O2. The maximum absolute atomic E-state index is 12.8. The number of aryl methyl sites for hydroxylation is 1. The van der Waals surface area contributed by atoms with E-state index in [1.165, 1.54) is 5.56 Å². The van der Waals surface area contributed by atoms with Gasteiger partial charge in [-0.2, -0.15) is 5.10 Å². The third-order valence-corrected chi connectivity index (χ3v) is 6.71. The smallest absolute Gasteiger partial charge is 0.238 e. The Kier molecular flexibility index (Phi) is 6.95. The Morgan fingerprint density at radius 3 is 2.53 bits per heavy atom. The summed E-state index contributed by atoms with van der Waals surface area (Å²) in [5.41, 5.74) is 3.00. The van der Waals surface area contributed by atoms with E-state index in [4.69, 9.17) is 0 Å². The van der Waals surface area contributed by atoms with Crippen LogP contribution in [0.25, 0.3) is 0 Å². The van der Waals surface area contributed by atoms with E-state index in [0.717, 1.165) is 49.8 Å². The summed E-state index contributed by atoms with van der Waals surface area (Å²) < 4.78 is 1.94. The van der Waals surface area contributed by atoms with Crippen molar-refractivity contribution in [3.05, 3.63) is 47.3 Å². The zero-order chi connectivity index (χ0) is 22.7. The van der Waals surface area contributed by atoms with E-state index in [1.807, 2.05) is 36.7 Å². The second-order valence-electron chi connectivity index (χ2n) is 9.50. The van der Waals surface area contributed by atoms with Crippen LogP contribution in [0, 0.1) is 13.8 Å². The van der Waals surface area contributed by atoms with Gasteiger partial charge in [0.25, 0.3) is 0 Å². The highest BCUT2D eigenvalue weighted by Gasteiger charge is 2.38. The van der Waals surface area contributed by atoms with Crippen LogP contribution in [-0.2, 0) is 11.3 Å². The zero-order valence-electron chi connectivity index (χ0n) is 19.5. The first-order valence-electron chi connectivity index (χ1n) is 11.5. The average molecular weight is 441 g/mol. The van der Waals surface area contributed by atoms with Gasteiger partial charge in [-0.25, -0.2) is 0 Å². The van der Waals surface area contributed by atoms with Crippen molar-refractivity contribution < 1.29 is 9.90 Å². The molecule has 2 aliphatic heterocycles. The van der Waals surface area contributed by atoms with Crippen LogP contribution < -0.4 is 5.32 Å². The topological polar surface area (TPSA) is 76.9 Å². The number of amides is 1. The molecule has 4 rings (SSSR count). The van der Waals surface area contributed by atoms with Crippen molar-refractivity contribution >= 4 is 11.6 Å². The van der Waals surface area contributed by atoms with Gasteiger partial charge in [0.05, 0.1) is 35.8 Å². The standard InChI is InChI=1S/C24H36N6O2/c1-19-23(20(2)30(26-19)15-21-7-5-4-6-8-21)25-22(31)16-29-10-9-24(32,18-29)17-28-13-11-27(3)12-14-28/h4-8,32H,9-18H2,1-3H3,(H,25,31). The van der Waals surface area contributed by atoms with Crippen molar-refractivity contribution in [1.29, 1.82) is 0 Å². The van der Waals surface area contributed by atoms with Gasteiger partial charge in [0.15, 0.2) is 0 Å². The van der Waals surface area contributed by atoms with E-state index in [2.05, 4.69) is 44.3 Å². The minimum atomic E-state index is -0.734. The van der Waals surface area contributed by atoms with Crippen LogP contribution in [0.5, 0.6) is 0 Å². The molecule has 2 aromatic rings. The number of aromatic nitrogens is 2. The van der Waals surface area contributed by atoms with E-state index in [0.29, 0.717) is 26.1 Å². The summed E-state index contributed by atoms with van der Waals surface area (Å²) in [7, 11) is 2.14. The second-order valence-corrected chi connectivity index (χ2v) is 9.50. The lowest BCUT2D eigenvalue weighted by Gasteiger charge is -2.36. The molecule has 8 heteroatoms. The summed E-state index contributed by atoms with van der Waals surface area (Å²) in [6, 6.07) is 10.2. The second kappa shape index (κ2) is 9.70. The number of hydrogen-bond donors (Lipinski definition) is 2. The number of piperazine rings is 1. The van der Waals surface area contributed by atoms with Gasteiger partial charge in [-0.15, -0.1) is 0 Å². The number of anilines is 1. The van der Waals surface area contributed by atoms with Crippen LogP contribution in [0.1, 0.15) is 23.4 Å². The number of rotatable bonds is 7. The highest BCUT2D eigenvalue weighted by Crippen LogP contribution is 2.24. The number of aliphatic hydroxyl groups is 1. The average Bonchev–Trinajstić information content (AvgIpc) is 3.24. The first-order valence-corrected chi connectivity index (χ1v) is 11.5. The fourth-order valence-electron chi connectivity index (χ4n) is 4.80. The lowest BCUT2D eigenvalue weighted by Crippen LogP contribution is -2.52. The first kappa shape index (κ1) is 22.9. The summed E-state index contributed by atoms with van der Waals surface area (Å²) in [5.74, 6) is -0.0562. The largest absolute Gasteiger partial charge is 0.387 e. The fraction of sp³-hybridized carbons (Fsp3) is 0.583. The van der Waals surface area contributed by atoms with Gasteiger partial charge in [-0.05, 0) is 32.9 Å². The molecule has 8 nitrogen and oxygen atoms in total. The molecule has 0 bridgehead atoms. The van der Waals surface area contributed by atoms with E-state index < -0.39 is 5.60 Å². The summed E-state index contributed by atoms with van der Waals surface area (Å²) in [5, 5.41) is 18.8. The number of carbonyl (C=O) groups is 1. The number of carbonyl (C=O) groups excluding carboxylic acids is 1. The van der Waals surface area contributed by atoms with Gasteiger partial charge in [0.1, 0.15) is 0 Å². The number of likely N-dealkylation sites (tertiary alicyclic amines) is 1. The van der Waals surface area contributed by atoms with Crippen molar-refractivity contribution in [2.45, 2.75) is 32.4 Å². The molecule has 2 N–H and O–H groups in total. The number of β-amino-alcohol motifs (C(OH)–C–C–N with tert-alkyl or cyclic N) is 1. The van der Waals surface area contributed by atoms with Crippen molar-refractivity contribution in [1.82, 2.24) is 24.5 Å². The minimum absolute atomic E-state index is 0.0562. The van der Waals surface area contributed by atoms with Crippen molar-refractivity contribution in [2.75, 3.05) is 64.7 Å². The summed E-state index contributed by atoms with van der Waals surface area (Å²) in [6.07, 6.45) is 0.708. The Bertz CT molecular complexity index is 922. The monoisotopic (exact) mass is 440 g/mol. The molecule has 0 saturated carbocycles. The predicted octanol–water partition coefficient (Wildman–Crippen LogP) is 1.17. The maximum Gasteiger partial charge on any atom is 0.238 e. The normalized spacial score (nSPS) is 23.0. The third-order valence-electron chi connectivity index (χ3n) is 6.71. The Morgan fingerprint density at radius 2 is 1.81 bits per heavy atom. The molecule has 3 heterocycles. The fourth-order valence-corrected chi connectivity index (χ4v) is 4.80. The van der Waals surface area contributed by atoms with E-state index in [9.17, 15) is 9.90 Å². The van der Waals surface area contributed by atoms with Gasteiger partial charge in [-0.1, -0.05) is 30.3 Å². The highest BCUT2D eigenvalue weighted by atomic mass is 16.3. The van der Waals surface area contributed by atoms with Crippen molar-refractivity contribution in [3.8, 4) is 0 Å². The molecule has 174 valence electrons. The lowest BCUT2D eigenvalue weighted by molar-refractivity contribution is -0.117. The summed E-state index contributed by atoms with van der Waals surface area (Å²) in [6.45, 7) is 10.9. The molecular weight excluding hydrogens is 404 g/mol. The van der Waals surface area contributed by atoms with Crippen molar-refractivity contribution in [3.63, 3.8) is 0 Å². The maximum atomic E-state index is 12.8. The Balaban J connectivity index is 1.30. The van der Waals surface area contributed by atoms with Gasteiger partial charge in [-0.3, -0.25) is 19.3 Å². The number of nitrogens with one attached hydrogen (secondary N) is 1. The van der Waals surface area contributed by atoms with Crippen LogP contribution in [0.2, 0.25) is 0 Å². The Hall–Kier alpha value is -2.26. The molecule has 2 fully saturated rings. The molecule has 2 aliphatic rings. The van der Waals surface area contributed by atoms with E-state index in [1.54, 1.807) is 0 Å². The van der Waals surface area contributed by atoms with Crippen LogP contribution in [0.15, 0.2) is 30.3 Å². The highest BCUT2D eigenvalue weighted by molar-refractivity contribution is 5.93. The molecule has 2 saturated heterocycles. The molecule has 0 radical (unpaired) electrons. The zero-order valence-corrected chi connectivity index (χ0v) is 19.5. The SMILES string of the molecule is Cc1nn(Cc2ccccc2)c(C)c1NC(=O)CN1CCC(O)(CN2CCN(C)CC2)C1. The molecule has 32 heavy (non-hydrogen) atoms. The summed E-state index contributed by atoms with van der Waals surface area (Å²) >= 11 is 0. The number of nitrogens with zero attached hydrogens (tertiary/aromatic N) is 5. The molecule has 1 unspecified atom stereocenters. The summed E-state index contributed by atoms with van der Waals surface area (Å²) in [4.78, 5) is 19.5. The number of likely N-dealkylation sites (N-methyl/N-ethyl adjacent to an activating group) is 1. The molecule has 1 amide bonds. The molecule has 0 spiro atoms. The molecule has 1 atom stereocenters. The minimum Gasteiger partial charge on any atom is -0.387 e. The molecule has 1 aromatic heterocycles. The number of hydrogen-bond acceptors (Lipinski definition) is 6. The predicted molar refractivity (Wildman–Crippen MR) is 126 cm³/mol. The first-order chi connectivity index (χ1) is 15.3. The van der Waals surface area contributed by atoms with Gasteiger partial charge >= 0.3 is 0 Å². The van der Waals surface area contributed by atoms with Crippen LogP contribution >= 0.6 is 0 Å². The van der Waals surface area contributed by atoms with Gasteiger partial charge < -0.3 is 15.3 Å². The molecule has 0 aliphatic carbocycles. The Labute approximate surface area is 190 Å². The third kappa shape index (κ3) is 5.56. The lowest BCUT2D eigenvalue weighted by atomic mass is 10.0. The molecule has 1 aromatic carbocycles. The quantitative estimate of drug-likeness (QED) is 0.673. The van der Waals surface area contributed by atoms with Gasteiger partial charge in [0.2, 0.25) is 5.91 Å². The van der Waals surface area contributed by atoms with Gasteiger partial charge in [0, 0.05) is 45.8 Å². The van der Waals surface area contributed by atoms with Crippen LogP contribution in [0.3, 0.4) is 0 Å². The van der Waals surface area contributed by atoms with Crippen LogP contribution in [-0.4, -0.2) is 101 Å². The van der Waals surface area contributed by atoms with Crippen molar-refractivity contribution in [2.24, 2.45) is 0 Å².